The zero-order chi connectivity index (χ0) is 17.6. The molecule has 128 valence electrons. The number of hydrogen-bond acceptors (Lipinski definition) is 6. The number of furan rings is 1. The van der Waals surface area contributed by atoms with Gasteiger partial charge in [0, 0.05) is 23.8 Å². The predicted octanol–water partition coefficient (Wildman–Crippen LogP) is 5.50. The van der Waals surface area contributed by atoms with Gasteiger partial charge < -0.3 is 4.42 Å². The summed E-state index contributed by atoms with van der Waals surface area (Å²) in [6, 6.07) is 13.8. The monoisotopic (exact) mass is 373 g/mol. The Bertz CT molecular complexity index is 827. The van der Waals surface area contributed by atoms with Crippen LogP contribution in [0.15, 0.2) is 64.6 Å². The summed E-state index contributed by atoms with van der Waals surface area (Å²) < 4.78 is 5.35. The molecule has 0 N–H and O–H groups in total. The van der Waals surface area contributed by atoms with Crippen molar-refractivity contribution in [2.24, 2.45) is 0 Å². The van der Waals surface area contributed by atoms with E-state index >= 15 is 0 Å². The molecule has 25 heavy (non-hydrogen) atoms. The number of Topliss-reactive ketones (excluding diaryl/α,β-unsaturated/α-hetero) is 1. The molecular weight excluding hydrogens is 358 g/mol. The zero-order valence-corrected chi connectivity index (χ0v) is 14.8. The number of nitrogens with zero attached hydrogens (tertiary/aromatic N) is 1. The van der Waals surface area contributed by atoms with Gasteiger partial charge in [0.25, 0.3) is 5.69 Å². The van der Waals surface area contributed by atoms with E-state index in [9.17, 15) is 14.9 Å². The Labute approximate surface area is 152 Å². The smallest absolute Gasteiger partial charge is 0.269 e. The van der Waals surface area contributed by atoms with E-state index in [2.05, 4.69) is 0 Å². The molecule has 0 spiro atoms. The molecule has 2 aromatic heterocycles. The molecule has 0 aliphatic heterocycles. The highest BCUT2D eigenvalue weighted by Gasteiger charge is 2.20. The van der Waals surface area contributed by atoms with E-state index in [0.29, 0.717) is 12.2 Å². The summed E-state index contributed by atoms with van der Waals surface area (Å²) in [6.07, 6.45) is 1.96. The third-order valence-electron chi connectivity index (χ3n) is 3.65. The van der Waals surface area contributed by atoms with E-state index < -0.39 is 4.92 Å². The van der Waals surface area contributed by atoms with Crippen molar-refractivity contribution in [1.82, 2.24) is 0 Å². The van der Waals surface area contributed by atoms with Gasteiger partial charge in [0.1, 0.15) is 5.76 Å². The number of ketones is 1. The Morgan fingerprint density at radius 2 is 2.00 bits per heavy atom. The van der Waals surface area contributed by atoms with Gasteiger partial charge in [-0.2, -0.15) is 0 Å². The maximum Gasteiger partial charge on any atom is 0.269 e. The first kappa shape index (κ1) is 17.4. The highest BCUT2D eigenvalue weighted by molar-refractivity contribution is 7.98. The van der Waals surface area contributed by atoms with Gasteiger partial charge in [-0.15, -0.1) is 23.1 Å². The fourth-order valence-corrected chi connectivity index (χ4v) is 4.19. The predicted molar refractivity (Wildman–Crippen MR) is 99.1 cm³/mol. The number of rotatable bonds is 8. The first-order chi connectivity index (χ1) is 12.1. The maximum atomic E-state index is 12.5. The van der Waals surface area contributed by atoms with Crippen LogP contribution in [-0.2, 0) is 5.75 Å². The van der Waals surface area contributed by atoms with Crippen molar-refractivity contribution >= 4 is 34.6 Å². The number of nitro groups is 1. The van der Waals surface area contributed by atoms with Crippen molar-refractivity contribution in [3.63, 3.8) is 0 Å². The quantitative estimate of drug-likeness (QED) is 0.296. The molecule has 0 aliphatic carbocycles. The van der Waals surface area contributed by atoms with Crippen molar-refractivity contribution in [2.45, 2.75) is 17.4 Å². The minimum Gasteiger partial charge on any atom is -0.468 e. The fraction of sp³-hybridized carbons (Fsp3) is 0.167. The normalized spacial score (nSPS) is 12.0. The average Bonchev–Trinajstić information content (AvgIpc) is 3.32. The summed E-state index contributed by atoms with van der Waals surface area (Å²) in [7, 11) is 0. The molecule has 0 aliphatic rings. The molecule has 0 fully saturated rings. The topological polar surface area (TPSA) is 73.3 Å². The van der Waals surface area contributed by atoms with E-state index in [0.717, 1.165) is 16.2 Å². The second-order valence-corrected chi connectivity index (χ2v) is 7.47. The second kappa shape index (κ2) is 8.13. The number of carbonyl (C=O) groups is 1. The lowest BCUT2D eigenvalue weighted by Crippen LogP contribution is -2.04. The molecule has 1 atom stereocenters. The largest absolute Gasteiger partial charge is 0.468 e. The van der Waals surface area contributed by atoms with Crippen LogP contribution in [-0.4, -0.2) is 10.7 Å². The summed E-state index contributed by atoms with van der Waals surface area (Å²) in [5.41, 5.74) is 0.940. The lowest BCUT2D eigenvalue weighted by atomic mass is 10.1. The minimum absolute atomic E-state index is 0.0446. The molecule has 0 saturated heterocycles. The van der Waals surface area contributed by atoms with Crippen molar-refractivity contribution in [1.29, 1.82) is 0 Å². The third-order valence-corrected chi connectivity index (χ3v) is 5.85. The number of hydrogen-bond donors (Lipinski definition) is 0. The summed E-state index contributed by atoms with van der Waals surface area (Å²) in [6.45, 7) is 0. The Morgan fingerprint density at radius 1 is 1.20 bits per heavy atom. The molecule has 0 unspecified atom stereocenters. The lowest BCUT2D eigenvalue weighted by molar-refractivity contribution is -0.384. The molecule has 0 amide bonds. The molecule has 0 radical (unpaired) electrons. The molecule has 1 aromatic carbocycles. The van der Waals surface area contributed by atoms with Crippen molar-refractivity contribution in [3.8, 4) is 0 Å². The van der Waals surface area contributed by atoms with Crippen molar-refractivity contribution < 1.29 is 14.1 Å². The van der Waals surface area contributed by atoms with Crippen LogP contribution in [0.25, 0.3) is 0 Å². The van der Waals surface area contributed by atoms with E-state index in [1.54, 1.807) is 30.2 Å². The number of benzene rings is 1. The summed E-state index contributed by atoms with van der Waals surface area (Å²) in [5.74, 6) is 1.54. The molecule has 0 saturated carbocycles. The number of nitro benzene ring substituents is 1. The Morgan fingerprint density at radius 3 is 2.60 bits per heavy atom. The van der Waals surface area contributed by atoms with Gasteiger partial charge in [-0.25, -0.2) is 0 Å². The number of carbonyl (C=O) groups excluding carboxylic acids is 1. The third kappa shape index (κ3) is 4.58. The SMILES string of the molecule is O=C(C[C@@H](SCc1ccco1)c1ccc([N+](=O)[O-])cc1)c1cccs1. The van der Waals surface area contributed by atoms with Gasteiger partial charge >= 0.3 is 0 Å². The summed E-state index contributed by atoms with van der Waals surface area (Å²) >= 11 is 3.02. The van der Waals surface area contributed by atoms with Crippen LogP contribution in [0.5, 0.6) is 0 Å². The van der Waals surface area contributed by atoms with Crippen LogP contribution in [0, 0.1) is 10.1 Å². The van der Waals surface area contributed by atoms with Crippen LogP contribution in [0.3, 0.4) is 0 Å². The highest BCUT2D eigenvalue weighted by Crippen LogP contribution is 2.36. The molecule has 3 rings (SSSR count). The van der Waals surface area contributed by atoms with Gasteiger partial charge in [-0.05, 0) is 29.1 Å². The standard InChI is InChI=1S/C18H15NO4S2/c20-16(17-4-2-10-24-17)11-18(25-12-15-3-1-9-23-15)13-5-7-14(8-6-13)19(21)22/h1-10,18H,11-12H2/t18-/m1/s1. The van der Waals surface area contributed by atoms with E-state index in [1.165, 1.54) is 23.5 Å². The van der Waals surface area contributed by atoms with Crippen LogP contribution in [0.2, 0.25) is 0 Å². The second-order valence-electron chi connectivity index (χ2n) is 5.33. The zero-order valence-electron chi connectivity index (χ0n) is 13.2. The van der Waals surface area contributed by atoms with Gasteiger partial charge in [-0.3, -0.25) is 14.9 Å². The van der Waals surface area contributed by atoms with E-state index in [4.69, 9.17) is 4.42 Å². The molecular formula is C18H15NO4S2. The minimum atomic E-state index is -0.425. The van der Waals surface area contributed by atoms with Crippen LogP contribution in [0.4, 0.5) is 5.69 Å². The summed E-state index contributed by atoms with van der Waals surface area (Å²) in [5, 5.41) is 12.6. The van der Waals surface area contributed by atoms with Gasteiger partial charge in [0.2, 0.25) is 0 Å². The van der Waals surface area contributed by atoms with Crippen molar-refractivity contribution in [2.75, 3.05) is 0 Å². The fourth-order valence-electron chi connectivity index (χ4n) is 2.37. The average molecular weight is 373 g/mol. The van der Waals surface area contributed by atoms with Gasteiger partial charge in [-0.1, -0.05) is 18.2 Å². The Kier molecular flexibility index (Phi) is 5.67. The highest BCUT2D eigenvalue weighted by atomic mass is 32.2. The van der Waals surface area contributed by atoms with Crippen LogP contribution in [0.1, 0.15) is 32.7 Å². The maximum absolute atomic E-state index is 12.5. The van der Waals surface area contributed by atoms with E-state index in [1.807, 2.05) is 29.6 Å². The number of non-ortho nitro benzene ring substituents is 1. The first-order valence-electron chi connectivity index (χ1n) is 7.58. The van der Waals surface area contributed by atoms with Crippen molar-refractivity contribution in [3.05, 3.63) is 86.5 Å². The molecule has 7 heteroatoms. The molecule has 2 heterocycles. The molecule has 0 bridgehead atoms. The van der Waals surface area contributed by atoms with Gasteiger partial charge in [0.15, 0.2) is 5.78 Å². The van der Waals surface area contributed by atoms with Crippen LogP contribution < -0.4 is 0 Å². The molecule has 3 aromatic rings. The summed E-state index contributed by atoms with van der Waals surface area (Å²) in [4.78, 5) is 23.6. The van der Waals surface area contributed by atoms with Crippen LogP contribution >= 0.6 is 23.1 Å². The van der Waals surface area contributed by atoms with Gasteiger partial charge in [0.05, 0.1) is 21.8 Å². The lowest BCUT2D eigenvalue weighted by Gasteiger charge is -2.15. The van der Waals surface area contributed by atoms with E-state index in [-0.39, 0.29) is 16.7 Å². The molecule has 5 nitrogen and oxygen atoms in total. The number of thioether (sulfide) groups is 1. The number of thiophene rings is 1. The Hall–Kier alpha value is -2.38. The Balaban J connectivity index is 1.77. The first-order valence-corrected chi connectivity index (χ1v) is 9.51.